The Labute approximate surface area is 94.7 Å². The van der Waals surface area contributed by atoms with E-state index in [1.54, 1.807) is 6.92 Å². The predicted octanol–water partition coefficient (Wildman–Crippen LogP) is 0.314. The summed E-state index contributed by atoms with van der Waals surface area (Å²) in [7, 11) is 0. The van der Waals surface area contributed by atoms with Crippen LogP contribution in [0.15, 0.2) is 4.79 Å². The van der Waals surface area contributed by atoms with Crippen LogP contribution in [-0.4, -0.2) is 29.1 Å². The quantitative estimate of drug-likeness (QED) is 0.717. The van der Waals surface area contributed by atoms with E-state index in [9.17, 15) is 4.79 Å². The van der Waals surface area contributed by atoms with Crippen LogP contribution in [0.3, 0.4) is 0 Å². The van der Waals surface area contributed by atoms with Crippen molar-refractivity contribution < 1.29 is 0 Å². The van der Waals surface area contributed by atoms with Crippen molar-refractivity contribution in [1.29, 1.82) is 0 Å². The molecule has 0 amide bonds. The van der Waals surface area contributed by atoms with Crippen LogP contribution in [0.25, 0.3) is 0 Å². The summed E-state index contributed by atoms with van der Waals surface area (Å²) in [5.74, 6) is 0.656. The highest BCUT2D eigenvalue weighted by Gasteiger charge is 2.19. The molecule has 2 rings (SSSR count). The van der Waals surface area contributed by atoms with Crippen molar-refractivity contribution in [2.75, 3.05) is 18.0 Å². The van der Waals surface area contributed by atoms with E-state index in [1.807, 2.05) is 6.92 Å². The van der Waals surface area contributed by atoms with Crippen LogP contribution < -0.4 is 16.2 Å². The Bertz CT molecular complexity index is 440. The summed E-state index contributed by atoms with van der Waals surface area (Å²) >= 11 is 0. The topological polar surface area (TPSA) is 75.0 Å². The molecule has 1 fully saturated rings. The fourth-order valence-corrected chi connectivity index (χ4v) is 1.98. The first kappa shape index (κ1) is 11.1. The Kier molecular flexibility index (Phi) is 2.96. The van der Waals surface area contributed by atoms with Crippen LogP contribution in [0.2, 0.25) is 0 Å². The van der Waals surface area contributed by atoms with Crippen molar-refractivity contribution in [3.8, 4) is 0 Å². The molecule has 0 radical (unpaired) electrons. The van der Waals surface area contributed by atoms with Gasteiger partial charge in [-0.25, -0.2) is 4.98 Å². The van der Waals surface area contributed by atoms with Gasteiger partial charge >= 0.3 is 0 Å². The van der Waals surface area contributed by atoms with E-state index >= 15 is 0 Å². The lowest BCUT2D eigenvalue weighted by Crippen LogP contribution is -2.44. The predicted molar refractivity (Wildman–Crippen MR) is 63.8 cm³/mol. The lowest BCUT2D eigenvalue weighted by atomic mass is 10.1. The Hall–Kier alpha value is -1.36. The molecule has 5 heteroatoms. The molecule has 0 aliphatic carbocycles. The van der Waals surface area contributed by atoms with E-state index in [4.69, 9.17) is 5.73 Å². The van der Waals surface area contributed by atoms with E-state index < -0.39 is 0 Å². The third kappa shape index (κ3) is 2.09. The summed E-state index contributed by atoms with van der Waals surface area (Å²) in [6, 6.07) is 0.181. The minimum Gasteiger partial charge on any atom is -0.341 e. The van der Waals surface area contributed by atoms with Crippen LogP contribution in [0.5, 0.6) is 0 Å². The third-order valence-electron chi connectivity index (χ3n) is 3.14. The molecule has 1 atom stereocenters. The maximum atomic E-state index is 11.6. The molecule has 2 heterocycles. The van der Waals surface area contributed by atoms with Crippen molar-refractivity contribution >= 4 is 5.95 Å². The monoisotopic (exact) mass is 222 g/mol. The van der Waals surface area contributed by atoms with E-state index in [0.717, 1.165) is 31.6 Å². The smallest absolute Gasteiger partial charge is 0.255 e. The molecule has 1 aromatic rings. The summed E-state index contributed by atoms with van der Waals surface area (Å²) in [6.45, 7) is 5.33. The number of aromatic amines is 1. The molecule has 0 bridgehead atoms. The van der Waals surface area contributed by atoms with E-state index in [-0.39, 0.29) is 11.6 Å². The number of nitrogens with two attached hydrogens (primary N) is 1. The molecule has 88 valence electrons. The first-order valence-corrected chi connectivity index (χ1v) is 5.66. The average Bonchev–Trinajstić information content (AvgIpc) is 2.25. The fraction of sp³-hybridized carbons (Fsp3) is 0.636. The van der Waals surface area contributed by atoms with Gasteiger partial charge in [-0.2, -0.15) is 0 Å². The zero-order valence-corrected chi connectivity index (χ0v) is 9.79. The van der Waals surface area contributed by atoms with Crippen LogP contribution in [0.4, 0.5) is 5.95 Å². The van der Waals surface area contributed by atoms with Gasteiger partial charge in [0.05, 0.1) is 0 Å². The summed E-state index contributed by atoms with van der Waals surface area (Å²) in [5.41, 5.74) is 7.33. The van der Waals surface area contributed by atoms with Gasteiger partial charge in [0.1, 0.15) is 0 Å². The van der Waals surface area contributed by atoms with Gasteiger partial charge < -0.3 is 10.6 Å². The van der Waals surface area contributed by atoms with E-state index in [1.165, 1.54) is 0 Å². The molecule has 1 aromatic heterocycles. The largest absolute Gasteiger partial charge is 0.341 e. The molecule has 1 aliphatic rings. The zero-order chi connectivity index (χ0) is 11.7. The molecule has 3 N–H and O–H groups in total. The van der Waals surface area contributed by atoms with Gasteiger partial charge in [-0.05, 0) is 26.7 Å². The number of nitrogens with one attached hydrogen (secondary N) is 1. The highest BCUT2D eigenvalue weighted by Crippen LogP contribution is 2.14. The molecule has 1 aliphatic heterocycles. The summed E-state index contributed by atoms with van der Waals surface area (Å²) in [5, 5.41) is 0. The lowest BCUT2D eigenvalue weighted by Gasteiger charge is -2.31. The highest BCUT2D eigenvalue weighted by molar-refractivity contribution is 5.33. The number of rotatable bonds is 1. The van der Waals surface area contributed by atoms with E-state index in [0.29, 0.717) is 11.5 Å². The molecule has 1 saturated heterocycles. The minimum atomic E-state index is -0.0540. The molecule has 5 nitrogen and oxygen atoms in total. The number of piperidine rings is 1. The van der Waals surface area contributed by atoms with Crippen molar-refractivity contribution in [2.24, 2.45) is 5.73 Å². The van der Waals surface area contributed by atoms with Gasteiger partial charge in [0, 0.05) is 30.4 Å². The number of anilines is 1. The number of hydrogen-bond acceptors (Lipinski definition) is 4. The molecular weight excluding hydrogens is 204 g/mol. The first-order valence-electron chi connectivity index (χ1n) is 5.66. The van der Waals surface area contributed by atoms with Gasteiger partial charge in [-0.3, -0.25) is 9.78 Å². The second-order valence-corrected chi connectivity index (χ2v) is 4.45. The Morgan fingerprint density at radius 3 is 2.88 bits per heavy atom. The lowest BCUT2D eigenvalue weighted by molar-refractivity contribution is 0.499. The first-order chi connectivity index (χ1) is 7.58. The SMILES string of the molecule is Cc1nc(N2CCC[C@H](N)C2)[nH]c(=O)c1C. The van der Waals surface area contributed by atoms with Gasteiger partial charge in [0.2, 0.25) is 5.95 Å². The average molecular weight is 222 g/mol. The van der Waals surface area contributed by atoms with Crippen LogP contribution in [-0.2, 0) is 0 Å². The molecule has 0 saturated carbocycles. The second-order valence-electron chi connectivity index (χ2n) is 4.45. The normalized spacial score (nSPS) is 21.2. The third-order valence-corrected chi connectivity index (χ3v) is 3.14. The van der Waals surface area contributed by atoms with Crippen molar-refractivity contribution in [3.05, 3.63) is 21.6 Å². The Balaban J connectivity index is 2.30. The maximum Gasteiger partial charge on any atom is 0.255 e. The highest BCUT2D eigenvalue weighted by atomic mass is 16.1. The number of nitrogens with zero attached hydrogens (tertiary/aromatic N) is 2. The zero-order valence-electron chi connectivity index (χ0n) is 9.79. The fourth-order valence-electron chi connectivity index (χ4n) is 1.98. The molecule has 0 unspecified atom stereocenters. The van der Waals surface area contributed by atoms with Crippen molar-refractivity contribution in [2.45, 2.75) is 32.7 Å². The summed E-state index contributed by atoms with van der Waals surface area (Å²) in [6.07, 6.45) is 2.10. The number of H-pyrrole nitrogens is 1. The van der Waals surface area contributed by atoms with Gasteiger partial charge in [-0.15, -0.1) is 0 Å². The van der Waals surface area contributed by atoms with Crippen molar-refractivity contribution in [1.82, 2.24) is 9.97 Å². The Morgan fingerprint density at radius 2 is 2.25 bits per heavy atom. The van der Waals surface area contributed by atoms with Crippen LogP contribution in [0.1, 0.15) is 24.1 Å². The van der Waals surface area contributed by atoms with Crippen LogP contribution in [0, 0.1) is 13.8 Å². The number of aromatic nitrogens is 2. The minimum absolute atomic E-state index is 0.0540. The molecule has 0 spiro atoms. The Morgan fingerprint density at radius 1 is 1.50 bits per heavy atom. The van der Waals surface area contributed by atoms with Gasteiger partial charge in [0.25, 0.3) is 5.56 Å². The number of hydrogen-bond donors (Lipinski definition) is 2. The summed E-state index contributed by atoms with van der Waals surface area (Å²) in [4.78, 5) is 20.9. The van der Waals surface area contributed by atoms with Gasteiger partial charge in [0.15, 0.2) is 0 Å². The number of aryl methyl sites for hydroxylation is 1. The molecule has 16 heavy (non-hydrogen) atoms. The van der Waals surface area contributed by atoms with Crippen molar-refractivity contribution in [3.63, 3.8) is 0 Å². The molecular formula is C11H18N4O. The van der Waals surface area contributed by atoms with Gasteiger partial charge in [-0.1, -0.05) is 0 Å². The van der Waals surface area contributed by atoms with E-state index in [2.05, 4.69) is 14.9 Å². The second kappa shape index (κ2) is 4.25. The maximum absolute atomic E-state index is 11.6. The summed E-state index contributed by atoms with van der Waals surface area (Å²) < 4.78 is 0. The van der Waals surface area contributed by atoms with Crippen LogP contribution >= 0.6 is 0 Å². The molecule has 0 aromatic carbocycles. The standard InChI is InChI=1S/C11H18N4O/c1-7-8(2)13-11(14-10(7)16)15-5-3-4-9(12)6-15/h9H,3-6,12H2,1-2H3,(H,13,14,16)/t9-/m0/s1.